The summed E-state index contributed by atoms with van der Waals surface area (Å²) in [6, 6.07) is 13.0. The Bertz CT molecular complexity index is 1160. The van der Waals surface area contributed by atoms with Gasteiger partial charge >= 0.3 is 0 Å². The summed E-state index contributed by atoms with van der Waals surface area (Å²) in [7, 11) is 3.13. The Morgan fingerprint density at radius 1 is 1.12 bits per heavy atom. The molecule has 172 valence electrons. The number of fused-ring (bicyclic) bond motifs is 3. The lowest BCUT2D eigenvalue weighted by molar-refractivity contribution is -0.118. The Kier molecular flexibility index (Phi) is 6.98. The van der Waals surface area contributed by atoms with E-state index in [2.05, 4.69) is 22.1 Å². The minimum absolute atomic E-state index is 0.198. The largest absolute Gasteiger partial charge is 0.493 e. The minimum atomic E-state index is -0.847. The first-order valence-corrected chi connectivity index (χ1v) is 11.7. The first kappa shape index (κ1) is 22.8. The molecule has 0 fully saturated rings. The summed E-state index contributed by atoms with van der Waals surface area (Å²) >= 11 is 1.53. The number of carbonyl (C=O) groups is 1. The van der Waals surface area contributed by atoms with E-state index in [0.717, 1.165) is 24.2 Å². The van der Waals surface area contributed by atoms with Gasteiger partial charge in [0.15, 0.2) is 17.2 Å². The van der Waals surface area contributed by atoms with Gasteiger partial charge in [-0.05, 0) is 24.6 Å². The summed E-state index contributed by atoms with van der Waals surface area (Å²) in [6.45, 7) is 3.64. The Morgan fingerprint density at radius 3 is 2.67 bits per heavy atom. The van der Waals surface area contributed by atoms with Crippen molar-refractivity contribution >= 4 is 23.4 Å². The van der Waals surface area contributed by atoms with Crippen LogP contribution in [0.3, 0.4) is 0 Å². The summed E-state index contributed by atoms with van der Waals surface area (Å²) in [5, 5.41) is 9.29. The molecule has 1 aliphatic heterocycles. The van der Waals surface area contributed by atoms with Crippen LogP contribution in [0.1, 0.15) is 38.5 Å². The lowest BCUT2D eigenvalue weighted by Crippen LogP contribution is -2.36. The number of benzene rings is 2. The van der Waals surface area contributed by atoms with Crippen molar-refractivity contribution < 1.29 is 19.0 Å². The number of nitrogens with zero attached hydrogens (tertiary/aromatic N) is 4. The van der Waals surface area contributed by atoms with Gasteiger partial charge in [-0.1, -0.05) is 49.4 Å². The van der Waals surface area contributed by atoms with E-state index in [1.165, 1.54) is 18.7 Å². The average molecular weight is 467 g/mol. The molecule has 0 N–H and O–H groups in total. The molecule has 0 aliphatic carbocycles. The number of methoxy groups -OCH3 is 2. The van der Waals surface area contributed by atoms with Gasteiger partial charge in [0.1, 0.15) is 0 Å². The van der Waals surface area contributed by atoms with E-state index in [-0.39, 0.29) is 5.91 Å². The number of hydrogen-bond donors (Lipinski definition) is 0. The second-order valence-electron chi connectivity index (χ2n) is 7.41. The molecule has 2 aromatic carbocycles. The molecule has 3 aromatic rings. The molecule has 1 aliphatic rings. The molecule has 0 saturated carbocycles. The van der Waals surface area contributed by atoms with Crippen LogP contribution < -0.4 is 19.1 Å². The highest BCUT2D eigenvalue weighted by atomic mass is 32.2. The average Bonchev–Trinajstić information content (AvgIpc) is 2.98. The van der Waals surface area contributed by atoms with Gasteiger partial charge in [-0.25, -0.2) is 0 Å². The topological polar surface area (TPSA) is 86.7 Å². The number of thioether (sulfide) groups is 1. The lowest BCUT2D eigenvalue weighted by Gasteiger charge is -2.31. The number of amides is 1. The first-order chi connectivity index (χ1) is 16.1. The molecule has 0 spiro atoms. The summed E-state index contributed by atoms with van der Waals surface area (Å²) in [4.78, 5) is 19.2. The van der Waals surface area contributed by atoms with Crippen LogP contribution in [0.4, 0.5) is 5.69 Å². The maximum atomic E-state index is 13.0. The number of anilines is 1. The van der Waals surface area contributed by atoms with Crippen LogP contribution in [0.15, 0.2) is 47.6 Å². The van der Waals surface area contributed by atoms with Gasteiger partial charge in [0.2, 0.25) is 23.2 Å². The van der Waals surface area contributed by atoms with E-state index in [1.807, 2.05) is 36.4 Å². The zero-order valence-corrected chi connectivity index (χ0v) is 19.9. The van der Waals surface area contributed by atoms with E-state index in [1.54, 1.807) is 25.2 Å². The van der Waals surface area contributed by atoms with Crippen LogP contribution >= 0.6 is 11.8 Å². The quantitative estimate of drug-likeness (QED) is 0.359. The molecular formula is C24H26N4O4S. The van der Waals surface area contributed by atoms with Gasteiger partial charge in [0.05, 0.1) is 25.5 Å². The molecule has 4 rings (SSSR count). The van der Waals surface area contributed by atoms with Crippen LogP contribution in [-0.4, -0.2) is 41.1 Å². The molecule has 2 heterocycles. The van der Waals surface area contributed by atoms with Crippen molar-refractivity contribution in [2.75, 3.05) is 24.9 Å². The van der Waals surface area contributed by atoms with Crippen LogP contribution in [0, 0.1) is 0 Å². The van der Waals surface area contributed by atoms with Gasteiger partial charge in [-0.15, -0.1) is 10.2 Å². The second-order valence-corrected chi connectivity index (χ2v) is 8.47. The Morgan fingerprint density at radius 2 is 1.94 bits per heavy atom. The molecule has 8 nitrogen and oxygen atoms in total. The van der Waals surface area contributed by atoms with Gasteiger partial charge in [-0.2, -0.15) is 4.98 Å². The van der Waals surface area contributed by atoms with Gasteiger partial charge in [-0.3, -0.25) is 9.69 Å². The Balaban J connectivity index is 1.90. The second kappa shape index (κ2) is 10.1. The molecule has 1 amide bonds. The van der Waals surface area contributed by atoms with Gasteiger partial charge < -0.3 is 14.2 Å². The standard InChI is InChI=1S/C24H26N4O4S/c1-5-6-14-33-24-25-22-20(26-27-24)16-10-7-8-12-18(16)28(15(2)29)23(32-22)17-11-9-13-19(30-3)21(17)31-4/h7-13,23H,5-6,14H2,1-4H3/t23-/m0/s1. The molecule has 0 radical (unpaired) electrons. The Hall–Kier alpha value is -3.33. The number of unbranched alkanes of at least 4 members (excludes halogenated alkanes) is 1. The SMILES string of the molecule is CCCCSc1nnc2c(n1)O[C@@H](c1cccc(OC)c1OC)N(C(C)=O)c1ccccc1-2. The lowest BCUT2D eigenvalue weighted by atomic mass is 10.1. The number of ether oxygens (including phenoxy) is 3. The van der Waals surface area contributed by atoms with Crippen molar-refractivity contribution in [2.24, 2.45) is 0 Å². The van der Waals surface area contributed by atoms with Crippen molar-refractivity contribution in [3.05, 3.63) is 48.0 Å². The summed E-state index contributed by atoms with van der Waals surface area (Å²) in [5.41, 5.74) is 2.49. The number of rotatable bonds is 7. The summed E-state index contributed by atoms with van der Waals surface area (Å²) in [6.07, 6.45) is 1.29. The predicted octanol–water partition coefficient (Wildman–Crippen LogP) is 4.89. The molecule has 9 heteroatoms. The van der Waals surface area contributed by atoms with E-state index in [9.17, 15) is 4.79 Å². The van der Waals surface area contributed by atoms with E-state index < -0.39 is 6.23 Å². The zero-order valence-electron chi connectivity index (χ0n) is 19.1. The van der Waals surface area contributed by atoms with Crippen LogP contribution in [0.25, 0.3) is 11.3 Å². The first-order valence-electron chi connectivity index (χ1n) is 10.7. The van der Waals surface area contributed by atoms with Crippen molar-refractivity contribution in [3.8, 4) is 28.6 Å². The fourth-order valence-corrected chi connectivity index (χ4v) is 4.59. The predicted molar refractivity (Wildman–Crippen MR) is 127 cm³/mol. The fourth-order valence-electron chi connectivity index (χ4n) is 3.73. The Labute approximate surface area is 197 Å². The molecule has 0 bridgehead atoms. The molecule has 0 unspecified atom stereocenters. The van der Waals surface area contributed by atoms with Crippen molar-refractivity contribution in [1.29, 1.82) is 0 Å². The molecule has 1 atom stereocenters. The number of hydrogen-bond acceptors (Lipinski definition) is 8. The number of para-hydroxylation sites is 2. The van der Waals surface area contributed by atoms with E-state index >= 15 is 0 Å². The van der Waals surface area contributed by atoms with Gasteiger partial charge in [0, 0.05) is 18.2 Å². The number of carbonyl (C=O) groups excluding carboxylic acids is 1. The van der Waals surface area contributed by atoms with Gasteiger partial charge in [0.25, 0.3) is 0 Å². The van der Waals surface area contributed by atoms with E-state index in [0.29, 0.717) is 39.5 Å². The zero-order chi connectivity index (χ0) is 23.4. The summed E-state index contributed by atoms with van der Waals surface area (Å²) in [5.74, 6) is 2.03. The normalized spacial score (nSPS) is 14.5. The van der Waals surface area contributed by atoms with Crippen molar-refractivity contribution in [2.45, 2.75) is 38.1 Å². The monoisotopic (exact) mass is 466 g/mol. The molecule has 1 aromatic heterocycles. The van der Waals surface area contributed by atoms with Crippen LogP contribution in [0.2, 0.25) is 0 Å². The smallest absolute Gasteiger partial charge is 0.247 e. The van der Waals surface area contributed by atoms with E-state index in [4.69, 9.17) is 14.2 Å². The summed E-state index contributed by atoms with van der Waals surface area (Å²) < 4.78 is 17.6. The maximum Gasteiger partial charge on any atom is 0.247 e. The molecular weight excluding hydrogens is 440 g/mol. The third-order valence-electron chi connectivity index (χ3n) is 5.28. The third kappa shape index (κ3) is 4.45. The van der Waals surface area contributed by atoms with Crippen molar-refractivity contribution in [1.82, 2.24) is 15.2 Å². The maximum absolute atomic E-state index is 13.0. The van der Waals surface area contributed by atoms with Crippen LogP contribution in [-0.2, 0) is 4.79 Å². The number of aromatic nitrogens is 3. The highest BCUT2D eigenvalue weighted by molar-refractivity contribution is 7.99. The highest BCUT2D eigenvalue weighted by Gasteiger charge is 2.36. The third-order valence-corrected chi connectivity index (χ3v) is 6.20. The van der Waals surface area contributed by atoms with Crippen LogP contribution in [0.5, 0.6) is 17.4 Å². The van der Waals surface area contributed by atoms with Crippen molar-refractivity contribution in [3.63, 3.8) is 0 Å². The molecule has 0 saturated heterocycles. The highest BCUT2D eigenvalue weighted by Crippen LogP contribution is 2.46. The molecule has 33 heavy (non-hydrogen) atoms. The minimum Gasteiger partial charge on any atom is -0.493 e. The fraction of sp³-hybridized carbons (Fsp3) is 0.333.